The molecular formula is C17H11F3N6OS. The van der Waals surface area contributed by atoms with Crippen molar-refractivity contribution in [2.75, 3.05) is 5.32 Å². The number of hydrogen-bond donors (Lipinski definition) is 1. The average molecular weight is 404 g/mol. The highest BCUT2D eigenvalue weighted by atomic mass is 32.1. The second kappa shape index (κ2) is 7.35. The zero-order valence-corrected chi connectivity index (χ0v) is 14.8. The van der Waals surface area contributed by atoms with Crippen LogP contribution in [-0.2, 0) is 12.7 Å². The topological polar surface area (TPSA) is 89.6 Å². The van der Waals surface area contributed by atoms with Crippen LogP contribution in [0.15, 0.2) is 51.9 Å². The summed E-state index contributed by atoms with van der Waals surface area (Å²) in [7, 11) is 0. The minimum Gasteiger partial charge on any atom is -0.349 e. The lowest BCUT2D eigenvalue weighted by Crippen LogP contribution is -2.05. The van der Waals surface area contributed by atoms with Gasteiger partial charge in [-0.3, -0.25) is 4.98 Å². The Balaban J connectivity index is 1.43. The van der Waals surface area contributed by atoms with E-state index < -0.39 is 12.1 Å². The second-order valence-electron chi connectivity index (χ2n) is 5.59. The van der Waals surface area contributed by atoms with Gasteiger partial charge >= 0.3 is 12.1 Å². The molecule has 4 rings (SSSR count). The van der Waals surface area contributed by atoms with E-state index in [0.29, 0.717) is 23.8 Å². The minimum atomic E-state index is -4.68. The number of anilines is 1. The smallest absolute Gasteiger partial charge is 0.349 e. The number of nitrogens with one attached hydrogen (secondary N) is 1. The summed E-state index contributed by atoms with van der Waals surface area (Å²) in [5, 5.41) is 10.4. The Bertz CT molecular complexity index is 1060. The largest absolute Gasteiger partial charge is 0.471 e. The van der Waals surface area contributed by atoms with Gasteiger partial charge in [0, 0.05) is 28.9 Å². The molecule has 0 saturated carbocycles. The van der Waals surface area contributed by atoms with Crippen molar-refractivity contribution in [3.8, 4) is 22.6 Å². The zero-order chi connectivity index (χ0) is 19.6. The maximum Gasteiger partial charge on any atom is 0.471 e. The van der Waals surface area contributed by atoms with Crippen LogP contribution in [-0.4, -0.2) is 25.1 Å². The van der Waals surface area contributed by atoms with Crippen LogP contribution in [0.5, 0.6) is 0 Å². The molecule has 0 aliphatic heterocycles. The van der Waals surface area contributed by atoms with Crippen molar-refractivity contribution in [3.05, 3.63) is 59.0 Å². The monoisotopic (exact) mass is 404 g/mol. The van der Waals surface area contributed by atoms with Gasteiger partial charge in [-0.05, 0) is 29.6 Å². The molecule has 28 heavy (non-hydrogen) atoms. The van der Waals surface area contributed by atoms with Crippen LogP contribution in [0.1, 0.15) is 11.6 Å². The quantitative estimate of drug-likeness (QED) is 0.531. The molecule has 1 N–H and O–H groups in total. The second-order valence-corrected chi connectivity index (χ2v) is 6.37. The van der Waals surface area contributed by atoms with E-state index in [1.165, 1.54) is 6.20 Å². The number of hydrogen-bond acceptors (Lipinski definition) is 8. The summed E-state index contributed by atoms with van der Waals surface area (Å²) < 4.78 is 41.8. The molecule has 0 fully saturated rings. The average Bonchev–Trinajstić information content (AvgIpc) is 3.39. The molecular weight excluding hydrogens is 393 g/mol. The Labute approximate surface area is 160 Å². The van der Waals surface area contributed by atoms with E-state index in [4.69, 9.17) is 0 Å². The van der Waals surface area contributed by atoms with Crippen LogP contribution in [0.2, 0.25) is 0 Å². The van der Waals surface area contributed by atoms with Crippen LogP contribution < -0.4 is 5.32 Å². The number of aromatic nitrogens is 5. The first-order valence-corrected chi connectivity index (χ1v) is 8.89. The van der Waals surface area contributed by atoms with Gasteiger partial charge in [0.05, 0.1) is 17.9 Å². The molecule has 0 aromatic carbocycles. The highest BCUT2D eigenvalue weighted by Crippen LogP contribution is 2.29. The molecule has 0 amide bonds. The molecule has 0 unspecified atom stereocenters. The van der Waals surface area contributed by atoms with Gasteiger partial charge < -0.3 is 9.84 Å². The summed E-state index contributed by atoms with van der Waals surface area (Å²) >= 11 is 1.58. The fourth-order valence-electron chi connectivity index (χ4n) is 2.30. The lowest BCUT2D eigenvalue weighted by atomic mass is 10.2. The third kappa shape index (κ3) is 3.98. The molecule has 0 bridgehead atoms. The van der Waals surface area contributed by atoms with Crippen LogP contribution in [0, 0.1) is 0 Å². The number of nitrogens with zero attached hydrogens (tertiary/aromatic N) is 5. The molecule has 11 heteroatoms. The summed E-state index contributed by atoms with van der Waals surface area (Å²) in [6.07, 6.45) is -1.64. The van der Waals surface area contributed by atoms with E-state index >= 15 is 0 Å². The maximum atomic E-state index is 12.5. The molecule has 0 spiro atoms. The number of alkyl halides is 3. The SMILES string of the molecule is FC(F)(F)c1nc(-c2ccc(CNc3nccc(-c4ccsc4)n3)nc2)no1. The van der Waals surface area contributed by atoms with Gasteiger partial charge in [-0.2, -0.15) is 29.5 Å². The Morgan fingerprint density at radius 3 is 2.61 bits per heavy atom. The molecule has 0 atom stereocenters. The van der Waals surface area contributed by atoms with Crippen molar-refractivity contribution in [3.63, 3.8) is 0 Å². The van der Waals surface area contributed by atoms with Crippen molar-refractivity contribution in [2.45, 2.75) is 12.7 Å². The summed E-state index contributed by atoms with van der Waals surface area (Å²) in [4.78, 5) is 16.1. The van der Waals surface area contributed by atoms with E-state index in [1.807, 2.05) is 22.9 Å². The fourth-order valence-corrected chi connectivity index (χ4v) is 2.95. The van der Waals surface area contributed by atoms with Crippen LogP contribution in [0.25, 0.3) is 22.6 Å². The number of thiophene rings is 1. The molecule has 4 aromatic rings. The maximum absolute atomic E-state index is 12.5. The van der Waals surface area contributed by atoms with Gasteiger partial charge in [0.25, 0.3) is 0 Å². The normalized spacial score (nSPS) is 11.5. The van der Waals surface area contributed by atoms with Crippen molar-refractivity contribution in [1.82, 2.24) is 25.1 Å². The number of halogens is 3. The minimum absolute atomic E-state index is 0.175. The van der Waals surface area contributed by atoms with Crippen molar-refractivity contribution in [2.24, 2.45) is 0 Å². The van der Waals surface area contributed by atoms with Crippen LogP contribution in [0.3, 0.4) is 0 Å². The third-order valence-electron chi connectivity index (χ3n) is 3.65. The molecule has 4 aromatic heterocycles. The van der Waals surface area contributed by atoms with E-state index in [2.05, 4.69) is 34.9 Å². The molecule has 0 saturated heterocycles. The van der Waals surface area contributed by atoms with E-state index in [1.54, 1.807) is 29.7 Å². The summed E-state index contributed by atoms with van der Waals surface area (Å²) in [6.45, 7) is 0.341. The summed E-state index contributed by atoms with van der Waals surface area (Å²) in [6, 6.07) is 7.01. The highest BCUT2D eigenvalue weighted by Gasteiger charge is 2.38. The standard InChI is InChI=1S/C17H11F3N6OS/c18-17(19,20)15-25-14(26-27-15)10-1-2-12(22-7-10)8-23-16-21-5-3-13(24-16)11-4-6-28-9-11/h1-7,9H,8H2,(H,21,23,24). The van der Waals surface area contributed by atoms with Gasteiger partial charge in [0.15, 0.2) is 0 Å². The Morgan fingerprint density at radius 2 is 1.93 bits per heavy atom. The van der Waals surface area contributed by atoms with Crippen LogP contribution in [0.4, 0.5) is 19.1 Å². The van der Waals surface area contributed by atoms with Crippen molar-refractivity contribution < 1.29 is 17.7 Å². The van der Waals surface area contributed by atoms with E-state index in [-0.39, 0.29) is 5.82 Å². The molecule has 0 aliphatic carbocycles. The zero-order valence-electron chi connectivity index (χ0n) is 14.0. The lowest BCUT2D eigenvalue weighted by Gasteiger charge is -2.06. The van der Waals surface area contributed by atoms with Gasteiger partial charge in [-0.1, -0.05) is 5.16 Å². The third-order valence-corrected chi connectivity index (χ3v) is 4.33. The van der Waals surface area contributed by atoms with E-state index in [9.17, 15) is 13.2 Å². The first-order valence-electron chi connectivity index (χ1n) is 7.95. The first-order chi connectivity index (χ1) is 13.5. The number of pyridine rings is 1. The predicted molar refractivity (Wildman–Crippen MR) is 95.2 cm³/mol. The molecule has 0 aliphatic rings. The van der Waals surface area contributed by atoms with Gasteiger partial charge in [-0.25, -0.2) is 9.97 Å². The van der Waals surface area contributed by atoms with E-state index in [0.717, 1.165) is 11.3 Å². The Hall–Kier alpha value is -3.34. The first kappa shape index (κ1) is 18.0. The van der Waals surface area contributed by atoms with Gasteiger partial charge in [-0.15, -0.1) is 0 Å². The fraction of sp³-hybridized carbons (Fsp3) is 0.118. The predicted octanol–water partition coefficient (Wildman–Crippen LogP) is 4.28. The van der Waals surface area contributed by atoms with Gasteiger partial charge in [0.1, 0.15) is 0 Å². The molecule has 7 nitrogen and oxygen atoms in total. The Morgan fingerprint density at radius 1 is 1.04 bits per heavy atom. The molecule has 4 heterocycles. The molecule has 0 radical (unpaired) electrons. The molecule has 142 valence electrons. The number of rotatable bonds is 5. The van der Waals surface area contributed by atoms with Crippen LogP contribution >= 0.6 is 11.3 Å². The highest BCUT2D eigenvalue weighted by molar-refractivity contribution is 7.08. The summed E-state index contributed by atoms with van der Waals surface area (Å²) in [5.74, 6) is -1.12. The van der Waals surface area contributed by atoms with Crippen molar-refractivity contribution >= 4 is 17.3 Å². The lowest BCUT2D eigenvalue weighted by molar-refractivity contribution is -0.159. The Kier molecular flexibility index (Phi) is 4.74. The summed E-state index contributed by atoms with van der Waals surface area (Å²) in [5.41, 5.74) is 2.78. The van der Waals surface area contributed by atoms with Crippen molar-refractivity contribution in [1.29, 1.82) is 0 Å². The van der Waals surface area contributed by atoms with Gasteiger partial charge in [0.2, 0.25) is 11.8 Å².